The smallest absolute Gasteiger partial charge is 0.156 e. The van der Waals surface area contributed by atoms with Crippen molar-refractivity contribution in [2.24, 2.45) is 0 Å². The summed E-state index contributed by atoms with van der Waals surface area (Å²) in [5.41, 5.74) is 0. The SMILES string of the molecule is O=C/C=C\C1CCCCS1(=O)=O. The summed E-state index contributed by atoms with van der Waals surface area (Å²) in [6.07, 6.45) is 5.73. The van der Waals surface area contributed by atoms with E-state index < -0.39 is 15.1 Å². The fourth-order valence-electron chi connectivity index (χ4n) is 1.36. The summed E-state index contributed by atoms with van der Waals surface area (Å²) < 4.78 is 22.6. The highest BCUT2D eigenvalue weighted by atomic mass is 32.2. The molecule has 1 aliphatic rings. The summed E-state index contributed by atoms with van der Waals surface area (Å²) in [7, 11) is -2.94. The lowest BCUT2D eigenvalue weighted by molar-refractivity contribution is -0.104. The number of hydrogen-bond donors (Lipinski definition) is 0. The Morgan fingerprint density at radius 3 is 2.58 bits per heavy atom. The third kappa shape index (κ3) is 2.17. The van der Waals surface area contributed by atoms with Crippen LogP contribution >= 0.6 is 0 Å². The van der Waals surface area contributed by atoms with Gasteiger partial charge >= 0.3 is 0 Å². The molecule has 3 nitrogen and oxygen atoms in total. The molecular weight excluding hydrogens is 176 g/mol. The normalized spacial score (nSPS) is 28.8. The van der Waals surface area contributed by atoms with E-state index >= 15 is 0 Å². The Morgan fingerprint density at radius 2 is 2.00 bits per heavy atom. The van der Waals surface area contributed by atoms with Crippen LogP contribution in [-0.4, -0.2) is 25.7 Å². The summed E-state index contributed by atoms with van der Waals surface area (Å²) in [4.78, 5) is 9.98. The first-order valence-electron chi connectivity index (χ1n) is 4.00. The maximum atomic E-state index is 11.3. The van der Waals surface area contributed by atoms with Crippen molar-refractivity contribution in [2.45, 2.75) is 24.5 Å². The molecule has 0 N–H and O–H groups in total. The average Bonchev–Trinajstić information content (AvgIpc) is 2.02. The molecule has 0 aromatic carbocycles. The molecule has 1 fully saturated rings. The number of rotatable bonds is 2. The van der Waals surface area contributed by atoms with Crippen molar-refractivity contribution < 1.29 is 13.2 Å². The first-order chi connectivity index (χ1) is 5.67. The lowest BCUT2D eigenvalue weighted by Gasteiger charge is -2.18. The van der Waals surface area contributed by atoms with Crippen molar-refractivity contribution >= 4 is 16.1 Å². The van der Waals surface area contributed by atoms with E-state index in [4.69, 9.17) is 0 Å². The second kappa shape index (κ2) is 3.85. The van der Waals surface area contributed by atoms with E-state index in [1.165, 1.54) is 12.2 Å². The molecular formula is C8H12O3S. The van der Waals surface area contributed by atoms with Crippen LogP contribution in [0.4, 0.5) is 0 Å². The first kappa shape index (κ1) is 9.45. The van der Waals surface area contributed by atoms with Gasteiger partial charge in [-0.05, 0) is 18.9 Å². The lowest BCUT2D eigenvalue weighted by Crippen LogP contribution is -2.26. The molecule has 12 heavy (non-hydrogen) atoms. The molecule has 1 rings (SSSR count). The molecule has 1 unspecified atom stereocenters. The second-order valence-corrected chi connectivity index (χ2v) is 5.26. The predicted octanol–water partition coefficient (Wildman–Crippen LogP) is 0.709. The Kier molecular flexibility index (Phi) is 3.03. The van der Waals surface area contributed by atoms with Gasteiger partial charge in [0.25, 0.3) is 0 Å². The number of hydrogen-bond acceptors (Lipinski definition) is 3. The van der Waals surface area contributed by atoms with Crippen LogP contribution < -0.4 is 0 Å². The van der Waals surface area contributed by atoms with Crippen molar-refractivity contribution in [1.82, 2.24) is 0 Å². The van der Waals surface area contributed by atoms with Crippen LogP contribution in [0.2, 0.25) is 0 Å². The van der Waals surface area contributed by atoms with E-state index in [0.717, 1.165) is 12.8 Å². The molecule has 1 aliphatic heterocycles. The standard InChI is InChI=1S/C8H12O3S/c9-6-3-5-8-4-1-2-7-12(8,10)11/h3,5-6,8H,1-2,4,7H2/b5-3-. The van der Waals surface area contributed by atoms with E-state index in [2.05, 4.69) is 0 Å². The molecule has 0 spiro atoms. The third-order valence-electron chi connectivity index (χ3n) is 2.03. The minimum atomic E-state index is -2.94. The molecule has 1 atom stereocenters. The van der Waals surface area contributed by atoms with Gasteiger partial charge in [0.1, 0.15) is 6.29 Å². The van der Waals surface area contributed by atoms with Crippen LogP contribution in [0.5, 0.6) is 0 Å². The molecule has 0 amide bonds. The second-order valence-electron chi connectivity index (χ2n) is 2.92. The van der Waals surface area contributed by atoms with E-state index in [1.54, 1.807) is 0 Å². The van der Waals surface area contributed by atoms with Gasteiger partial charge in [0.2, 0.25) is 0 Å². The van der Waals surface area contributed by atoms with Crippen molar-refractivity contribution in [2.75, 3.05) is 5.75 Å². The zero-order valence-corrected chi connectivity index (χ0v) is 7.59. The highest BCUT2D eigenvalue weighted by molar-refractivity contribution is 7.92. The van der Waals surface area contributed by atoms with Crippen LogP contribution in [0.15, 0.2) is 12.2 Å². The highest BCUT2D eigenvalue weighted by Crippen LogP contribution is 2.19. The van der Waals surface area contributed by atoms with E-state index in [1.807, 2.05) is 0 Å². The lowest BCUT2D eigenvalue weighted by atomic mass is 10.2. The molecule has 4 heteroatoms. The highest BCUT2D eigenvalue weighted by Gasteiger charge is 2.25. The molecule has 68 valence electrons. The van der Waals surface area contributed by atoms with Crippen LogP contribution in [-0.2, 0) is 14.6 Å². The van der Waals surface area contributed by atoms with E-state index in [9.17, 15) is 13.2 Å². The summed E-state index contributed by atoms with van der Waals surface area (Å²) in [5, 5.41) is -0.420. The van der Waals surface area contributed by atoms with Crippen molar-refractivity contribution in [3.63, 3.8) is 0 Å². The monoisotopic (exact) mass is 188 g/mol. The largest absolute Gasteiger partial charge is 0.299 e. The fraction of sp³-hybridized carbons (Fsp3) is 0.625. The summed E-state index contributed by atoms with van der Waals surface area (Å²) >= 11 is 0. The van der Waals surface area contributed by atoms with Gasteiger partial charge in [-0.25, -0.2) is 8.42 Å². The molecule has 0 aromatic heterocycles. The maximum absolute atomic E-state index is 11.3. The molecule has 1 heterocycles. The minimum Gasteiger partial charge on any atom is -0.299 e. The number of carbonyl (C=O) groups excluding carboxylic acids is 1. The van der Waals surface area contributed by atoms with Gasteiger partial charge in [0, 0.05) is 0 Å². The quantitative estimate of drug-likeness (QED) is 0.473. The van der Waals surface area contributed by atoms with Gasteiger partial charge in [-0.3, -0.25) is 4.79 Å². The van der Waals surface area contributed by atoms with Crippen LogP contribution in [0, 0.1) is 0 Å². The molecule has 0 aliphatic carbocycles. The Hall–Kier alpha value is -0.640. The van der Waals surface area contributed by atoms with Gasteiger partial charge in [0.05, 0.1) is 11.0 Å². The van der Waals surface area contributed by atoms with Crippen molar-refractivity contribution in [1.29, 1.82) is 0 Å². The van der Waals surface area contributed by atoms with Crippen molar-refractivity contribution in [3.05, 3.63) is 12.2 Å². The van der Waals surface area contributed by atoms with Gasteiger partial charge in [-0.15, -0.1) is 0 Å². The van der Waals surface area contributed by atoms with Crippen LogP contribution in [0.3, 0.4) is 0 Å². The number of allylic oxidation sites excluding steroid dienone is 1. The van der Waals surface area contributed by atoms with Crippen molar-refractivity contribution in [3.8, 4) is 0 Å². The molecule has 0 aromatic rings. The van der Waals surface area contributed by atoms with Gasteiger partial charge in [-0.1, -0.05) is 12.5 Å². The van der Waals surface area contributed by atoms with E-state index in [0.29, 0.717) is 12.7 Å². The topological polar surface area (TPSA) is 51.2 Å². The summed E-state index contributed by atoms with van der Waals surface area (Å²) in [6.45, 7) is 0. The Balaban J connectivity index is 2.73. The molecule has 0 bridgehead atoms. The zero-order chi connectivity index (χ0) is 9.03. The fourth-order valence-corrected chi connectivity index (χ4v) is 3.13. The van der Waals surface area contributed by atoms with Gasteiger partial charge in [-0.2, -0.15) is 0 Å². The van der Waals surface area contributed by atoms with Crippen LogP contribution in [0.25, 0.3) is 0 Å². The Morgan fingerprint density at radius 1 is 1.25 bits per heavy atom. The molecule has 1 saturated heterocycles. The number of sulfone groups is 1. The minimum absolute atomic E-state index is 0.265. The third-order valence-corrected chi connectivity index (χ3v) is 4.21. The van der Waals surface area contributed by atoms with Crippen LogP contribution in [0.1, 0.15) is 19.3 Å². The number of carbonyl (C=O) groups is 1. The molecule has 0 saturated carbocycles. The van der Waals surface area contributed by atoms with Gasteiger partial charge < -0.3 is 0 Å². The van der Waals surface area contributed by atoms with E-state index in [-0.39, 0.29) is 5.75 Å². The average molecular weight is 188 g/mol. The predicted molar refractivity (Wildman–Crippen MR) is 46.6 cm³/mol. The first-order valence-corrected chi connectivity index (χ1v) is 5.72. The Labute approximate surface area is 72.4 Å². The van der Waals surface area contributed by atoms with Gasteiger partial charge in [0.15, 0.2) is 9.84 Å². The number of aldehydes is 1. The maximum Gasteiger partial charge on any atom is 0.156 e. The zero-order valence-electron chi connectivity index (χ0n) is 6.77. The Bertz CT molecular complexity index is 277. The summed E-state index contributed by atoms with van der Waals surface area (Å²) in [5.74, 6) is 0.265. The summed E-state index contributed by atoms with van der Waals surface area (Å²) in [6, 6.07) is 0. The molecule has 0 radical (unpaired) electrons.